The predicted octanol–water partition coefficient (Wildman–Crippen LogP) is 0.498. The number of nitrogens with one attached hydrogen (secondary N) is 1. The van der Waals surface area contributed by atoms with Crippen molar-refractivity contribution in [3.8, 4) is 0 Å². The van der Waals surface area contributed by atoms with Crippen LogP contribution in [0.4, 0.5) is 0 Å². The Morgan fingerprint density at radius 2 is 1.93 bits per heavy atom. The zero-order chi connectivity index (χ0) is 10.9. The summed E-state index contributed by atoms with van der Waals surface area (Å²) in [6.07, 6.45) is 1.87. The summed E-state index contributed by atoms with van der Waals surface area (Å²) in [4.78, 5) is 0. The van der Waals surface area contributed by atoms with Gasteiger partial charge in [0, 0.05) is 33.4 Å². The molecule has 0 spiro atoms. The Labute approximate surface area is 87.2 Å². The molecule has 0 aliphatic heterocycles. The Morgan fingerprint density at radius 1 is 1.29 bits per heavy atom. The summed E-state index contributed by atoms with van der Waals surface area (Å²) in [6.45, 7) is 3.49. The topological polar surface area (TPSA) is 65.7 Å². The fraction of sp³-hybridized carbons (Fsp3) is 1.00. The zero-order valence-corrected chi connectivity index (χ0v) is 10.3. The number of hydrazine groups is 1. The monoisotopic (exact) mass is 222 g/mol. The van der Waals surface area contributed by atoms with Gasteiger partial charge in [-0.2, -0.15) is 0 Å². The first-order valence-corrected chi connectivity index (χ1v) is 6.85. The molecular formula is C8H22N2O3Si. The lowest BCUT2D eigenvalue weighted by atomic mass is 10.5. The van der Waals surface area contributed by atoms with Gasteiger partial charge in [-0.1, -0.05) is 6.92 Å². The largest absolute Gasteiger partial charge is 0.500 e. The SMILES string of the molecule is CCCO[Si](CCCNN)(OC)OC. The normalized spacial score (nSPS) is 12.0. The highest BCUT2D eigenvalue weighted by molar-refractivity contribution is 6.60. The lowest BCUT2D eigenvalue weighted by Gasteiger charge is -2.26. The van der Waals surface area contributed by atoms with Crippen LogP contribution in [0.25, 0.3) is 0 Å². The molecule has 0 atom stereocenters. The van der Waals surface area contributed by atoms with Crippen LogP contribution in [0.1, 0.15) is 19.8 Å². The highest BCUT2D eigenvalue weighted by Crippen LogP contribution is 2.15. The van der Waals surface area contributed by atoms with Gasteiger partial charge in [-0.15, -0.1) is 0 Å². The second-order valence-corrected chi connectivity index (χ2v) is 5.97. The van der Waals surface area contributed by atoms with E-state index >= 15 is 0 Å². The van der Waals surface area contributed by atoms with E-state index in [1.165, 1.54) is 0 Å². The Morgan fingerprint density at radius 3 is 2.36 bits per heavy atom. The molecule has 0 radical (unpaired) electrons. The molecule has 3 N–H and O–H groups in total. The Hall–Kier alpha value is 0.0169. The molecule has 86 valence electrons. The van der Waals surface area contributed by atoms with Gasteiger partial charge in [0.25, 0.3) is 0 Å². The highest BCUT2D eigenvalue weighted by atomic mass is 28.4. The molecule has 0 amide bonds. The zero-order valence-electron chi connectivity index (χ0n) is 9.34. The standard InChI is InChI=1S/C8H22N2O3Si/c1-4-7-13-14(11-2,12-3)8-5-6-10-9/h10H,4-9H2,1-3H3. The van der Waals surface area contributed by atoms with Crippen LogP contribution in [0.2, 0.25) is 6.04 Å². The summed E-state index contributed by atoms with van der Waals surface area (Å²) >= 11 is 0. The van der Waals surface area contributed by atoms with Gasteiger partial charge >= 0.3 is 8.80 Å². The highest BCUT2D eigenvalue weighted by Gasteiger charge is 2.37. The van der Waals surface area contributed by atoms with Crippen LogP contribution in [-0.4, -0.2) is 36.2 Å². The molecule has 0 unspecified atom stereocenters. The molecule has 0 aromatic rings. The molecule has 0 bridgehead atoms. The average molecular weight is 222 g/mol. The van der Waals surface area contributed by atoms with Crippen LogP contribution in [-0.2, 0) is 13.3 Å². The molecule has 0 saturated heterocycles. The molecule has 0 heterocycles. The van der Waals surface area contributed by atoms with Gasteiger partial charge in [0.1, 0.15) is 0 Å². The summed E-state index contributed by atoms with van der Waals surface area (Å²) in [7, 11) is 0.883. The maximum absolute atomic E-state index is 5.65. The lowest BCUT2D eigenvalue weighted by molar-refractivity contribution is 0.0978. The molecule has 14 heavy (non-hydrogen) atoms. The van der Waals surface area contributed by atoms with Gasteiger partial charge in [0.05, 0.1) is 0 Å². The summed E-state index contributed by atoms with van der Waals surface area (Å²) in [6, 6.07) is 0.796. The van der Waals surface area contributed by atoms with Crippen molar-refractivity contribution in [2.75, 3.05) is 27.4 Å². The van der Waals surface area contributed by atoms with E-state index < -0.39 is 8.80 Å². The van der Waals surface area contributed by atoms with Crippen LogP contribution >= 0.6 is 0 Å². The molecule has 5 nitrogen and oxygen atoms in total. The molecule has 0 aromatic heterocycles. The molecule has 0 rings (SSSR count). The van der Waals surface area contributed by atoms with Gasteiger partial charge < -0.3 is 13.3 Å². The van der Waals surface area contributed by atoms with Crippen molar-refractivity contribution in [1.29, 1.82) is 0 Å². The van der Waals surface area contributed by atoms with E-state index in [1.54, 1.807) is 14.2 Å². The van der Waals surface area contributed by atoms with Crippen molar-refractivity contribution in [2.24, 2.45) is 5.84 Å². The van der Waals surface area contributed by atoms with Crippen molar-refractivity contribution in [1.82, 2.24) is 5.43 Å². The lowest BCUT2D eigenvalue weighted by Crippen LogP contribution is -2.44. The summed E-state index contributed by atoms with van der Waals surface area (Å²) < 4.78 is 16.4. The second kappa shape index (κ2) is 8.34. The molecule has 0 saturated carbocycles. The van der Waals surface area contributed by atoms with Crippen LogP contribution in [0.5, 0.6) is 0 Å². The van der Waals surface area contributed by atoms with Gasteiger partial charge in [-0.25, -0.2) is 0 Å². The number of hydrogen-bond donors (Lipinski definition) is 2. The van der Waals surface area contributed by atoms with Crippen LogP contribution in [0.3, 0.4) is 0 Å². The first-order valence-electron chi connectivity index (χ1n) is 4.92. The van der Waals surface area contributed by atoms with Crippen molar-refractivity contribution in [3.05, 3.63) is 0 Å². The van der Waals surface area contributed by atoms with Crippen molar-refractivity contribution >= 4 is 8.80 Å². The van der Waals surface area contributed by atoms with Crippen LogP contribution < -0.4 is 11.3 Å². The van der Waals surface area contributed by atoms with Crippen molar-refractivity contribution < 1.29 is 13.3 Å². The van der Waals surface area contributed by atoms with Gasteiger partial charge in [-0.3, -0.25) is 11.3 Å². The second-order valence-electron chi connectivity index (χ2n) is 3.00. The minimum atomic E-state index is -2.40. The van der Waals surface area contributed by atoms with Crippen LogP contribution in [0.15, 0.2) is 0 Å². The van der Waals surface area contributed by atoms with E-state index in [1.807, 2.05) is 0 Å². The van der Waals surface area contributed by atoms with E-state index in [0.29, 0.717) is 6.61 Å². The fourth-order valence-corrected chi connectivity index (χ4v) is 3.22. The fourth-order valence-electron chi connectivity index (χ4n) is 1.14. The van der Waals surface area contributed by atoms with E-state index in [0.717, 1.165) is 25.4 Å². The molecule has 6 heteroatoms. The quantitative estimate of drug-likeness (QED) is 0.257. The van der Waals surface area contributed by atoms with Gasteiger partial charge in [-0.05, 0) is 12.8 Å². The third-order valence-electron chi connectivity index (χ3n) is 1.95. The average Bonchev–Trinajstić information content (AvgIpc) is 2.24. The summed E-state index contributed by atoms with van der Waals surface area (Å²) in [5, 5.41) is 0. The van der Waals surface area contributed by atoms with Crippen molar-refractivity contribution in [2.45, 2.75) is 25.8 Å². The third-order valence-corrected chi connectivity index (χ3v) is 4.81. The van der Waals surface area contributed by atoms with Gasteiger partial charge in [0.15, 0.2) is 0 Å². The minimum absolute atomic E-state index is 0.684. The molecular weight excluding hydrogens is 200 g/mol. The minimum Gasteiger partial charge on any atom is -0.377 e. The Kier molecular flexibility index (Phi) is 8.35. The number of nitrogens with two attached hydrogens (primary N) is 1. The van der Waals surface area contributed by atoms with Crippen molar-refractivity contribution in [3.63, 3.8) is 0 Å². The van der Waals surface area contributed by atoms with E-state index in [2.05, 4.69) is 12.3 Å². The smallest absolute Gasteiger partial charge is 0.377 e. The predicted molar refractivity (Wildman–Crippen MR) is 57.6 cm³/mol. The molecule has 0 aromatic carbocycles. The summed E-state index contributed by atoms with van der Waals surface area (Å²) in [5.41, 5.74) is 2.60. The first-order chi connectivity index (χ1) is 6.74. The first kappa shape index (κ1) is 14.0. The van der Waals surface area contributed by atoms with E-state index in [-0.39, 0.29) is 0 Å². The maximum atomic E-state index is 5.65. The number of hydrogen-bond acceptors (Lipinski definition) is 5. The molecule has 0 aliphatic carbocycles. The van der Waals surface area contributed by atoms with Gasteiger partial charge in [0.2, 0.25) is 0 Å². The Bertz CT molecular complexity index is 134. The third kappa shape index (κ3) is 5.04. The molecule has 0 aliphatic rings. The number of rotatable bonds is 9. The Balaban J connectivity index is 3.94. The van der Waals surface area contributed by atoms with Crippen LogP contribution in [0, 0.1) is 0 Å². The van der Waals surface area contributed by atoms with E-state index in [4.69, 9.17) is 19.1 Å². The summed E-state index contributed by atoms with van der Waals surface area (Å²) in [5.74, 6) is 5.18. The molecule has 0 fully saturated rings. The van der Waals surface area contributed by atoms with E-state index in [9.17, 15) is 0 Å². The maximum Gasteiger partial charge on any atom is 0.500 e.